The van der Waals surface area contributed by atoms with E-state index in [0.29, 0.717) is 18.1 Å². The van der Waals surface area contributed by atoms with Gasteiger partial charge in [0.2, 0.25) is 0 Å². The Hall–Kier alpha value is -2.54. The molecule has 1 aliphatic rings. The molecule has 126 valence electrons. The second-order valence-corrected chi connectivity index (χ2v) is 5.70. The molecule has 2 aromatic heterocycles. The summed E-state index contributed by atoms with van der Waals surface area (Å²) in [7, 11) is 0. The molecule has 3 rings (SSSR count). The number of likely N-dealkylation sites (N-methyl/N-ethyl adjacent to an activating group) is 1. The summed E-state index contributed by atoms with van der Waals surface area (Å²) in [6.45, 7) is 7.06. The zero-order valence-corrected chi connectivity index (χ0v) is 13.9. The van der Waals surface area contributed by atoms with E-state index in [2.05, 4.69) is 32.3 Å². The highest BCUT2D eigenvalue weighted by atomic mass is 16.2. The number of hydrogen-bond donors (Lipinski definition) is 1. The fraction of sp³-hybridized carbons (Fsp3) is 0.412. The zero-order chi connectivity index (χ0) is 16.8. The molecule has 0 atom stereocenters. The van der Waals surface area contributed by atoms with Crippen LogP contribution in [0.15, 0.2) is 36.5 Å². The van der Waals surface area contributed by atoms with Crippen molar-refractivity contribution in [1.29, 1.82) is 0 Å². The molecule has 1 fully saturated rings. The minimum atomic E-state index is -0.0467. The van der Waals surface area contributed by atoms with Gasteiger partial charge in [-0.1, -0.05) is 13.0 Å². The lowest BCUT2D eigenvalue weighted by molar-refractivity contribution is 0.0636. The van der Waals surface area contributed by atoms with Crippen LogP contribution in [0.1, 0.15) is 23.1 Å². The van der Waals surface area contributed by atoms with E-state index >= 15 is 0 Å². The molecule has 0 saturated carbocycles. The Balaban J connectivity index is 1.55. The van der Waals surface area contributed by atoms with E-state index in [-0.39, 0.29) is 5.91 Å². The maximum absolute atomic E-state index is 12.5. The number of pyridine rings is 1. The van der Waals surface area contributed by atoms with Crippen molar-refractivity contribution in [3.8, 4) is 0 Å². The van der Waals surface area contributed by atoms with Crippen molar-refractivity contribution in [2.45, 2.75) is 13.5 Å². The van der Waals surface area contributed by atoms with Crippen molar-refractivity contribution in [1.82, 2.24) is 25.0 Å². The summed E-state index contributed by atoms with van der Waals surface area (Å²) >= 11 is 0. The van der Waals surface area contributed by atoms with Gasteiger partial charge in [0.1, 0.15) is 5.82 Å². The summed E-state index contributed by atoms with van der Waals surface area (Å²) in [6, 6.07) is 9.27. The van der Waals surface area contributed by atoms with Gasteiger partial charge in [-0.2, -0.15) is 0 Å². The molecule has 0 spiro atoms. The highest BCUT2D eigenvalue weighted by Gasteiger charge is 2.22. The van der Waals surface area contributed by atoms with Crippen molar-refractivity contribution < 1.29 is 4.79 Å². The third-order valence-corrected chi connectivity index (χ3v) is 4.17. The number of hydrogen-bond acceptors (Lipinski definition) is 6. The molecule has 3 heterocycles. The van der Waals surface area contributed by atoms with Gasteiger partial charge in [-0.25, -0.2) is 0 Å². The van der Waals surface area contributed by atoms with E-state index < -0.39 is 0 Å². The predicted octanol–water partition coefficient (Wildman–Crippen LogP) is 1.26. The average Bonchev–Trinajstić information content (AvgIpc) is 2.67. The predicted molar refractivity (Wildman–Crippen MR) is 91.6 cm³/mol. The monoisotopic (exact) mass is 326 g/mol. The number of aromatic nitrogens is 3. The third-order valence-electron chi connectivity index (χ3n) is 4.17. The number of carbonyl (C=O) groups excluding carboxylic acids is 1. The maximum Gasteiger partial charge on any atom is 0.274 e. The zero-order valence-electron chi connectivity index (χ0n) is 13.9. The molecule has 24 heavy (non-hydrogen) atoms. The molecule has 2 aromatic rings. The second kappa shape index (κ2) is 7.83. The first kappa shape index (κ1) is 16.3. The van der Waals surface area contributed by atoms with Crippen molar-refractivity contribution in [3.05, 3.63) is 47.9 Å². The van der Waals surface area contributed by atoms with Gasteiger partial charge in [0, 0.05) is 32.4 Å². The fourth-order valence-electron chi connectivity index (χ4n) is 2.65. The molecule has 0 radical (unpaired) electrons. The minimum Gasteiger partial charge on any atom is -0.363 e. The Morgan fingerprint density at radius 3 is 2.58 bits per heavy atom. The first-order chi connectivity index (χ1) is 11.8. The minimum absolute atomic E-state index is 0.0467. The summed E-state index contributed by atoms with van der Waals surface area (Å²) < 4.78 is 0. The lowest BCUT2D eigenvalue weighted by Gasteiger charge is -2.33. The normalized spacial score (nSPS) is 15.3. The van der Waals surface area contributed by atoms with Crippen molar-refractivity contribution in [2.75, 3.05) is 38.0 Å². The molecule has 1 N–H and O–H groups in total. The number of nitrogens with one attached hydrogen (secondary N) is 1. The number of amides is 1. The number of anilines is 1. The number of rotatable bonds is 5. The van der Waals surface area contributed by atoms with Crippen LogP contribution < -0.4 is 5.32 Å². The Morgan fingerprint density at radius 1 is 1.12 bits per heavy atom. The molecule has 0 aliphatic carbocycles. The fourth-order valence-corrected chi connectivity index (χ4v) is 2.65. The van der Waals surface area contributed by atoms with Crippen LogP contribution in [0.5, 0.6) is 0 Å². The van der Waals surface area contributed by atoms with E-state index in [1.165, 1.54) is 0 Å². The van der Waals surface area contributed by atoms with Crippen molar-refractivity contribution >= 4 is 11.7 Å². The number of piperazine rings is 1. The van der Waals surface area contributed by atoms with Gasteiger partial charge in [0.25, 0.3) is 5.91 Å². The molecular formula is C17H22N6O. The molecule has 0 bridgehead atoms. The second-order valence-electron chi connectivity index (χ2n) is 5.70. The van der Waals surface area contributed by atoms with Gasteiger partial charge >= 0.3 is 0 Å². The summed E-state index contributed by atoms with van der Waals surface area (Å²) in [5, 5.41) is 11.3. The van der Waals surface area contributed by atoms with E-state index in [1.54, 1.807) is 18.3 Å². The van der Waals surface area contributed by atoms with Crippen molar-refractivity contribution in [3.63, 3.8) is 0 Å². The summed E-state index contributed by atoms with van der Waals surface area (Å²) in [5.74, 6) is 0.586. The van der Waals surface area contributed by atoms with E-state index in [4.69, 9.17) is 0 Å². The first-order valence-corrected chi connectivity index (χ1v) is 8.25. The van der Waals surface area contributed by atoms with Crippen LogP contribution in [0.3, 0.4) is 0 Å². The Morgan fingerprint density at radius 2 is 1.96 bits per heavy atom. The van der Waals surface area contributed by atoms with E-state index in [0.717, 1.165) is 38.4 Å². The maximum atomic E-state index is 12.5. The summed E-state index contributed by atoms with van der Waals surface area (Å²) in [5.41, 5.74) is 1.32. The smallest absolute Gasteiger partial charge is 0.274 e. The van der Waals surface area contributed by atoms with Gasteiger partial charge in [-0.15, -0.1) is 10.2 Å². The van der Waals surface area contributed by atoms with E-state index in [9.17, 15) is 4.79 Å². The molecule has 1 saturated heterocycles. The molecule has 1 aliphatic heterocycles. The van der Waals surface area contributed by atoms with Gasteiger partial charge in [0.05, 0.1) is 12.2 Å². The Labute approximate surface area is 141 Å². The highest BCUT2D eigenvalue weighted by molar-refractivity contribution is 5.92. The van der Waals surface area contributed by atoms with Crippen LogP contribution in [-0.4, -0.2) is 63.6 Å². The topological polar surface area (TPSA) is 74.2 Å². The Kier molecular flexibility index (Phi) is 5.32. The van der Waals surface area contributed by atoms with Gasteiger partial charge in [-0.3, -0.25) is 9.78 Å². The number of nitrogens with zero attached hydrogens (tertiary/aromatic N) is 5. The molecule has 7 heteroatoms. The lowest BCUT2D eigenvalue weighted by atomic mass is 10.2. The van der Waals surface area contributed by atoms with Crippen LogP contribution in [-0.2, 0) is 6.54 Å². The van der Waals surface area contributed by atoms with Crippen molar-refractivity contribution in [2.24, 2.45) is 0 Å². The first-order valence-electron chi connectivity index (χ1n) is 8.25. The average molecular weight is 326 g/mol. The standard InChI is InChI=1S/C17H22N6O/c1-2-22-9-11-23(12-10-22)17(24)15-6-7-16(21-20-15)19-13-14-5-3-4-8-18-14/h3-8H,2,9-13H2,1H3,(H,19,21). The van der Waals surface area contributed by atoms with Gasteiger partial charge in [-0.05, 0) is 30.8 Å². The molecule has 0 aromatic carbocycles. The van der Waals surface area contributed by atoms with Crippen LogP contribution in [0.4, 0.5) is 5.82 Å². The highest BCUT2D eigenvalue weighted by Crippen LogP contribution is 2.09. The number of carbonyl (C=O) groups is 1. The largest absolute Gasteiger partial charge is 0.363 e. The van der Waals surface area contributed by atoms with Crippen LogP contribution >= 0.6 is 0 Å². The molecule has 1 amide bonds. The lowest BCUT2D eigenvalue weighted by Crippen LogP contribution is -2.48. The summed E-state index contributed by atoms with van der Waals surface area (Å²) in [4.78, 5) is 20.9. The molecule has 0 unspecified atom stereocenters. The van der Waals surface area contributed by atoms with Crippen LogP contribution in [0.2, 0.25) is 0 Å². The molecule has 7 nitrogen and oxygen atoms in total. The Bertz CT molecular complexity index is 653. The van der Waals surface area contributed by atoms with Gasteiger partial charge < -0.3 is 15.1 Å². The molecular weight excluding hydrogens is 304 g/mol. The van der Waals surface area contributed by atoms with Gasteiger partial charge in [0.15, 0.2) is 5.69 Å². The van der Waals surface area contributed by atoms with E-state index in [1.807, 2.05) is 23.1 Å². The summed E-state index contributed by atoms with van der Waals surface area (Å²) in [6.07, 6.45) is 1.75. The van der Waals surface area contributed by atoms with Crippen LogP contribution in [0.25, 0.3) is 0 Å². The third kappa shape index (κ3) is 4.05. The quantitative estimate of drug-likeness (QED) is 0.892. The van der Waals surface area contributed by atoms with Crippen LogP contribution in [0, 0.1) is 0 Å². The SMILES string of the molecule is CCN1CCN(C(=O)c2ccc(NCc3ccccn3)nn2)CC1.